The summed E-state index contributed by atoms with van der Waals surface area (Å²) in [5.41, 5.74) is 7.39. The van der Waals surface area contributed by atoms with Crippen LogP contribution in [0.4, 0.5) is 0 Å². The second kappa shape index (κ2) is 3.53. The summed E-state index contributed by atoms with van der Waals surface area (Å²) in [6, 6.07) is 8.52. The first-order valence-corrected chi connectivity index (χ1v) is 5.85. The molecule has 0 saturated heterocycles. The average molecular weight is 203 g/mol. The standard InChI is InChI=1S/C13H17NO/c14-13(9-4-5-9)10-2-1-3-12(8-10)15-11-6-7-11/h1-3,8-9,11,13H,4-7,14H2. The van der Waals surface area contributed by atoms with Gasteiger partial charge in [0.2, 0.25) is 0 Å². The van der Waals surface area contributed by atoms with Crippen LogP contribution in [0, 0.1) is 5.92 Å². The maximum Gasteiger partial charge on any atom is 0.120 e. The molecule has 0 amide bonds. The van der Waals surface area contributed by atoms with Gasteiger partial charge in [0, 0.05) is 6.04 Å². The Morgan fingerprint density at radius 1 is 1.20 bits per heavy atom. The highest BCUT2D eigenvalue weighted by Gasteiger charge is 2.30. The van der Waals surface area contributed by atoms with E-state index in [0.717, 1.165) is 5.75 Å². The van der Waals surface area contributed by atoms with Crippen LogP contribution in [-0.2, 0) is 0 Å². The number of hydrogen-bond donors (Lipinski definition) is 1. The van der Waals surface area contributed by atoms with Crippen molar-refractivity contribution in [1.82, 2.24) is 0 Å². The average Bonchev–Trinajstić information content (AvgIpc) is 3.10. The SMILES string of the molecule is NC(c1cccc(OC2CC2)c1)C1CC1. The van der Waals surface area contributed by atoms with Crippen LogP contribution in [0.3, 0.4) is 0 Å². The predicted molar refractivity (Wildman–Crippen MR) is 59.7 cm³/mol. The molecule has 0 aromatic heterocycles. The van der Waals surface area contributed by atoms with Crippen LogP contribution in [0.25, 0.3) is 0 Å². The smallest absolute Gasteiger partial charge is 0.120 e. The van der Waals surface area contributed by atoms with Gasteiger partial charge in [-0.1, -0.05) is 12.1 Å². The number of ether oxygens (including phenoxy) is 1. The van der Waals surface area contributed by atoms with Gasteiger partial charge in [-0.2, -0.15) is 0 Å². The van der Waals surface area contributed by atoms with Gasteiger partial charge in [-0.15, -0.1) is 0 Å². The topological polar surface area (TPSA) is 35.2 Å². The molecule has 0 spiro atoms. The zero-order chi connectivity index (χ0) is 10.3. The van der Waals surface area contributed by atoms with E-state index in [0.29, 0.717) is 12.0 Å². The van der Waals surface area contributed by atoms with E-state index in [1.54, 1.807) is 0 Å². The van der Waals surface area contributed by atoms with Gasteiger partial charge in [0.05, 0.1) is 6.10 Å². The quantitative estimate of drug-likeness (QED) is 0.816. The monoisotopic (exact) mass is 203 g/mol. The third kappa shape index (κ3) is 2.15. The van der Waals surface area contributed by atoms with Crippen LogP contribution in [0.15, 0.2) is 24.3 Å². The third-order valence-corrected chi connectivity index (χ3v) is 3.20. The summed E-state index contributed by atoms with van der Waals surface area (Å²) in [6.45, 7) is 0. The van der Waals surface area contributed by atoms with E-state index in [1.807, 2.05) is 6.07 Å². The highest BCUT2D eigenvalue weighted by Crippen LogP contribution is 2.40. The highest BCUT2D eigenvalue weighted by atomic mass is 16.5. The van der Waals surface area contributed by atoms with Crippen molar-refractivity contribution in [3.63, 3.8) is 0 Å². The lowest BCUT2D eigenvalue weighted by Gasteiger charge is -2.12. The van der Waals surface area contributed by atoms with E-state index in [4.69, 9.17) is 10.5 Å². The fourth-order valence-corrected chi connectivity index (χ4v) is 1.90. The van der Waals surface area contributed by atoms with Gasteiger partial charge < -0.3 is 10.5 Å². The molecule has 2 aliphatic rings. The molecule has 1 atom stereocenters. The Balaban J connectivity index is 1.75. The molecule has 15 heavy (non-hydrogen) atoms. The minimum absolute atomic E-state index is 0.216. The van der Waals surface area contributed by atoms with E-state index < -0.39 is 0 Å². The van der Waals surface area contributed by atoms with Gasteiger partial charge in [-0.25, -0.2) is 0 Å². The Hall–Kier alpha value is -1.02. The maximum absolute atomic E-state index is 6.16. The highest BCUT2D eigenvalue weighted by molar-refractivity contribution is 5.31. The second-order valence-corrected chi connectivity index (χ2v) is 4.75. The lowest BCUT2D eigenvalue weighted by molar-refractivity contribution is 0.302. The van der Waals surface area contributed by atoms with E-state index in [1.165, 1.54) is 31.2 Å². The van der Waals surface area contributed by atoms with Crippen LogP contribution in [0.2, 0.25) is 0 Å². The van der Waals surface area contributed by atoms with Gasteiger partial charge in [0.1, 0.15) is 5.75 Å². The van der Waals surface area contributed by atoms with Crippen LogP contribution >= 0.6 is 0 Å². The van der Waals surface area contributed by atoms with E-state index in [2.05, 4.69) is 18.2 Å². The summed E-state index contributed by atoms with van der Waals surface area (Å²) >= 11 is 0. The summed E-state index contributed by atoms with van der Waals surface area (Å²) in [4.78, 5) is 0. The molecule has 0 radical (unpaired) electrons. The van der Waals surface area contributed by atoms with Crippen molar-refractivity contribution < 1.29 is 4.74 Å². The number of nitrogens with two attached hydrogens (primary N) is 1. The number of rotatable bonds is 4. The maximum atomic E-state index is 6.16. The molecule has 1 unspecified atom stereocenters. The molecule has 3 rings (SSSR count). The Morgan fingerprint density at radius 3 is 2.67 bits per heavy atom. The fourth-order valence-electron chi connectivity index (χ4n) is 1.90. The van der Waals surface area contributed by atoms with Crippen molar-refractivity contribution in [1.29, 1.82) is 0 Å². The molecular formula is C13H17NO. The molecule has 2 N–H and O–H groups in total. The summed E-state index contributed by atoms with van der Waals surface area (Å²) in [5.74, 6) is 1.70. The molecule has 0 heterocycles. The van der Waals surface area contributed by atoms with Crippen molar-refractivity contribution >= 4 is 0 Å². The molecule has 0 aliphatic heterocycles. The summed E-state index contributed by atoms with van der Waals surface area (Å²) in [5, 5.41) is 0. The fraction of sp³-hybridized carbons (Fsp3) is 0.538. The van der Waals surface area contributed by atoms with Crippen LogP contribution < -0.4 is 10.5 Å². The van der Waals surface area contributed by atoms with Gasteiger partial charge >= 0.3 is 0 Å². The first-order valence-electron chi connectivity index (χ1n) is 5.85. The van der Waals surface area contributed by atoms with Gasteiger partial charge in [-0.3, -0.25) is 0 Å². The van der Waals surface area contributed by atoms with Crippen LogP contribution in [0.1, 0.15) is 37.3 Å². The first-order chi connectivity index (χ1) is 7.33. The molecule has 2 saturated carbocycles. The minimum Gasteiger partial charge on any atom is -0.490 e. The third-order valence-electron chi connectivity index (χ3n) is 3.20. The summed E-state index contributed by atoms with van der Waals surface area (Å²) < 4.78 is 5.76. The normalized spacial score (nSPS) is 22.5. The van der Waals surface area contributed by atoms with Crippen LogP contribution in [-0.4, -0.2) is 6.10 Å². The van der Waals surface area contributed by atoms with Crippen molar-refractivity contribution in [2.75, 3.05) is 0 Å². The number of benzene rings is 1. The lowest BCUT2D eigenvalue weighted by Crippen LogP contribution is -2.12. The van der Waals surface area contributed by atoms with Crippen molar-refractivity contribution in [3.8, 4) is 5.75 Å². The molecule has 2 nitrogen and oxygen atoms in total. The van der Waals surface area contributed by atoms with Gasteiger partial charge in [0.15, 0.2) is 0 Å². The second-order valence-electron chi connectivity index (χ2n) is 4.75. The largest absolute Gasteiger partial charge is 0.490 e. The molecule has 80 valence electrons. The van der Waals surface area contributed by atoms with Gasteiger partial charge in [0.25, 0.3) is 0 Å². The van der Waals surface area contributed by atoms with Crippen molar-refractivity contribution in [3.05, 3.63) is 29.8 Å². The molecule has 2 fully saturated rings. The minimum atomic E-state index is 0.216. The van der Waals surface area contributed by atoms with E-state index >= 15 is 0 Å². The lowest BCUT2D eigenvalue weighted by atomic mass is 10.0. The zero-order valence-electron chi connectivity index (χ0n) is 8.86. The van der Waals surface area contributed by atoms with Gasteiger partial charge in [-0.05, 0) is 49.3 Å². The Morgan fingerprint density at radius 2 is 2.00 bits per heavy atom. The van der Waals surface area contributed by atoms with E-state index in [-0.39, 0.29) is 6.04 Å². The number of hydrogen-bond acceptors (Lipinski definition) is 2. The molecule has 2 heteroatoms. The Labute approximate surface area is 90.4 Å². The van der Waals surface area contributed by atoms with Crippen molar-refractivity contribution in [2.45, 2.75) is 37.8 Å². The zero-order valence-corrected chi connectivity index (χ0v) is 8.86. The Bertz CT molecular complexity index is 355. The summed E-state index contributed by atoms with van der Waals surface area (Å²) in [6.07, 6.45) is 5.46. The first kappa shape index (κ1) is 9.22. The van der Waals surface area contributed by atoms with E-state index in [9.17, 15) is 0 Å². The predicted octanol–water partition coefficient (Wildman–Crippen LogP) is 2.64. The van der Waals surface area contributed by atoms with Crippen molar-refractivity contribution in [2.24, 2.45) is 11.7 Å². The summed E-state index contributed by atoms with van der Waals surface area (Å²) in [7, 11) is 0. The molecule has 1 aromatic rings. The molecule has 2 aliphatic carbocycles. The molecular weight excluding hydrogens is 186 g/mol. The molecule has 0 bridgehead atoms. The molecule has 1 aromatic carbocycles. The van der Waals surface area contributed by atoms with Crippen LogP contribution in [0.5, 0.6) is 5.75 Å². The Kier molecular flexibility index (Phi) is 2.17.